The van der Waals surface area contributed by atoms with Crippen molar-refractivity contribution in [3.8, 4) is 5.75 Å². The van der Waals surface area contributed by atoms with E-state index in [1.807, 2.05) is 0 Å². The van der Waals surface area contributed by atoms with Crippen molar-refractivity contribution >= 4 is 11.7 Å². The lowest BCUT2D eigenvalue weighted by Crippen LogP contribution is -2.08. The van der Waals surface area contributed by atoms with Crippen LogP contribution in [0.3, 0.4) is 0 Å². The number of phenols is 1. The number of rotatable bonds is 3. The van der Waals surface area contributed by atoms with Crippen molar-refractivity contribution in [2.24, 2.45) is 4.99 Å². The number of aromatic hydroxyl groups is 1. The van der Waals surface area contributed by atoms with E-state index in [-0.39, 0.29) is 12.2 Å². The minimum absolute atomic E-state index is 0.0503. The molecule has 0 heterocycles. The third kappa shape index (κ3) is 2.32. The van der Waals surface area contributed by atoms with Gasteiger partial charge in [0.1, 0.15) is 5.75 Å². The minimum atomic E-state index is -0.964. The van der Waals surface area contributed by atoms with Gasteiger partial charge in [-0.3, -0.25) is 9.79 Å². The summed E-state index contributed by atoms with van der Waals surface area (Å²) in [7, 11) is 1.50. The zero-order valence-corrected chi connectivity index (χ0v) is 7.77. The Bertz CT molecular complexity index is 371. The van der Waals surface area contributed by atoms with Crippen molar-refractivity contribution in [1.29, 1.82) is 0 Å². The molecule has 0 amide bonds. The Morgan fingerprint density at radius 3 is 2.57 bits per heavy atom. The highest BCUT2D eigenvalue weighted by Gasteiger charge is 2.10. The monoisotopic (exact) mass is 193 g/mol. The highest BCUT2D eigenvalue weighted by molar-refractivity contribution is 6.10. The number of aliphatic carboxylic acids is 1. The fourth-order valence-corrected chi connectivity index (χ4v) is 1.16. The lowest BCUT2D eigenvalue weighted by atomic mass is 10.1. The van der Waals surface area contributed by atoms with E-state index in [1.54, 1.807) is 18.2 Å². The first-order valence-corrected chi connectivity index (χ1v) is 4.11. The zero-order valence-electron chi connectivity index (χ0n) is 7.77. The molecule has 0 atom stereocenters. The van der Waals surface area contributed by atoms with E-state index in [9.17, 15) is 9.90 Å². The standard InChI is InChI=1S/C10H11NO3/c1-11-8(6-10(13)14)7-4-2-3-5-9(7)12/h2-5,12H,6H2,1H3,(H,13,14)/b11-8+. The van der Waals surface area contributed by atoms with Crippen LogP contribution in [0.25, 0.3) is 0 Å². The lowest BCUT2D eigenvalue weighted by molar-refractivity contribution is -0.135. The van der Waals surface area contributed by atoms with Gasteiger partial charge in [-0.25, -0.2) is 0 Å². The molecule has 0 saturated heterocycles. The molecular weight excluding hydrogens is 182 g/mol. The summed E-state index contributed by atoms with van der Waals surface area (Å²) < 4.78 is 0. The summed E-state index contributed by atoms with van der Waals surface area (Å²) in [6.45, 7) is 0. The van der Waals surface area contributed by atoms with E-state index in [0.717, 1.165) is 0 Å². The predicted octanol–water partition coefficient (Wildman–Crippen LogP) is 1.29. The molecule has 0 radical (unpaired) electrons. The maximum Gasteiger partial charge on any atom is 0.309 e. The number of phenolic OH excluding ortho intramolecular Hbond substituents is 1. The summed E-state index contributed by atoms with van der Waals surface area (Å²) in [5, 5.41) is 18.1. The van der Waals surface area contributed by atoms with Gasteiger partial charge in [0, 0.05) is 12.6 Å². The van der Waals surface area contributed by atoms with Crippen LogP contribution in [0, 0.1) is 0 Å². The zero-order chi connectivity index (χ0) is 10.6. The number of aliphatic imine (C=N–C) groups is 1. The topological polar surface area (TPSA) is 69.9 Å². The largest absolute Gasteiger partial charge is 0.507 e. The number of nitrogens with zero attached hydrogens (tertiary/aromatic N) is 1. The van der Waals surface area contributed by atoms with Gasteiger partial charge in [-0.15, -0.1) is 0 Å². The van der Waals surface area contributed by atoms with Gasteiger partial charge < -0.3 is 10.2 Å². The Hall–Kier alpha value is -1.84. The first-order chi connectivity index (χ1) is 6.65. The normalized spacial score (nSPS) is 11.4. The van der Waals surface area contributed by atoms with Gasteiger partial charge in [0.15, 0.2) is 0 Å². The van der Waals surface area contributed by atoms with Gasteiger partial charge in [-0.1, -0.05) is 12.1 Å². The van der Waals surface area contributed by atoms with E-state index in [4.69, 9.17) is 5.11 Å². The molecule has 0 aromatic heterocycles. The number of benzene rings is 1. The van der Waals surface area contributed by atoms with E-state index >= 15 is 0 Å². The molecule has 0 fully saturated rings. The van der Waals surface area contributed by atoms with Gasteiger partial charge in [0.05, 0.1) is 12.1 Å². The van der Waals surface area contributed by atoms with E-state index in [0.29, 0.717) is 11.3 Å². The SMILES string of the molecule is C/N=C(\CC(=O)O)c1ccccc1O. The van der Waals surface area contributed by atoms with Crippen molar-refractivity contribution in [3.05, 3.63) is 29.8 Å². The summed E-state index contributed by atoms with van der Waals surface area (Å²) >= 11 is 0. The molecule has 0 spiro atoms. The predicted molar refractivity (Wildman–Crippen MR) is 52.8 cm³/mol. The summed E-state index contributed by atoms with van der Waals surface area (Å²) in [4.78, 5) is 14.3. The summed E-state index contributed by atoms with van der Waals surface area (Å²) in [5.41, 5.74) is 0.841. The molecule has 0 bridgehead atoms. The van der Waals surface area contributed by atoms with Crippen LogP contribution in [0.4, 0.5) is 0 Å². The second-order valence-corrected chi connectivity index (χ2v) is 2.76. The summed E-state index contributed by atoms with van der Waals surface area (Å²) in [6, 6.07) is 6.54. The maximum atomic E-state index is 10.5. The third-order valence-corrected chi connectivity index (χ3v) is 1.80. The van der Waals surface area contributed by atoms with Crippen molar-refractivity contribution in [2.45, 2.75) is 6.42 Å². The Morgan fingerprint density at radius 2 is 2.07 bits per heavy atom. The van der Waals surface area contributed by atoms with Gasteiger partial charge in [0.2, 0.25) is 0 Å². The van der Waals surface area contributed by atoms with Gasteiger partial charge in [-0.05, 0) is 12.1 Å². The van der Waals surface area contributed by atoms with E-state index in [1.165, 1.54) is 13.1 Å². The average Bonchev–Trinajstić information content (AvgIpc) is 2.15. The van der Waals surface area contributed by atoms with Crippen LogP contribution in [-0.4, -0.2) is 28.9 Å². The Morgan fingerprint density at radius 1 is 1.43 bits per heavy atom. The molecule has 2 N–H and O–H groups in total. The Kier molecular flexibility index (Phi) is 3.23. The number of carbonyl (C=O) groups is 1. The number of hydrogen-bond acceptors (Lipinski definition) is 3. The third-order valence-electron chi connectivity index (χ3n) is 1.80. The van der Waals surface area contributed by atoms with Crippen LogP contribution < -0.4 is 0 Å². The quantitative estimate of drug-likeness (QED) is 0.710. The molecule has 14 heavy (non-hydrogen) atoms. The number of hydrogen-bond donors (Lipinski definition) is 2. The first kappa shape index (κ1) is 10.2. The highest BCUT2D eigenvalue weighted by Crippen LogP contribution is 2.17. The number of carboxylic acid groups (broad SMARTS) is 1. The highest BCUT2D eigenvalue weighted by atomic mass is 16.4. The fraction of sp³-hybridized carbons (Fsp3) is 0.200. The Labute approximate surface area is 81.5 Å². The van der Waals surface area contributed by atoms with Crippen LogP contribution in [-0.2, 0) is 4.79 Å². The van der Waals surface area contributed by atoms with Crippen molar-refractivity contribution in [3.63, 3.8) is 0 Å². The molecule has 0 aliphatic rings. The van der Waals surface area contributed by atoms with Crippen molar-refractivity contribution < 1.29 is 15.0 Å². The van der Waals surface area contributed by atoms with Crippen LogP contribution in [0.1, 0.15) is 12.0 Å². The number of para-hydroxylation sites is 1. The molecule has 0 aliphatic carbocycles. The molecule has 1 aromatic carbocycles. The summed E-state index contributed by atoms with van der Waals surface area (Å²) in [6.07, 6.45) is -0.186. The Balaban J connectivity index is 3.02. The second-order valence-electron chi connectivity index (χ2n) is 2.76. The second kappa shape index (κ2) is 4.41. The van der Waals surface area contributed by atoms with Crippen LogP contribution in [0.2, 0.25) is 0 Å². The van der Waals surface area contributed by atoms with Crippen LogP contribution in [0.5, 0.6) is 5.75 Å². The van der Waals surface area contributed by atoms with Gasteiger partial charge in [0.25, 0.3) is 0 Å². The molecule has 4 heteroatoms. The van der Waals surface area contributed by atoms with Crippen LogP contribution >= 0.6 is 0 Å². The summed E-state index contributed by atoms with van der Waals surface area (Å²) in [5.74, 6) is -0.914. The smallest absolute Gasteiger partial charge is 0.309 e. The van der Waals surface area contributed by atoms with Crippen LogP contribution in [0.15, 0.2) is 29.3 Å². The number of carboxylic acids is 1. The van der Waals surface area contributed by atoms with Crippen molar-refractivity contribution in [2.75, 3.05) is 7.05 Å². The van der Waals surface area contributed by atoms with E-state index in [2.05, 4.69) is 4.99 Å². The molecule has 1 rings (SSSR count). The fourth-order valence-electron chi connectivity index (χ4n) is 1.16. The molecule has 0 unspecified atom stereocenters. The molecule has 0 aliphatic heterocycles. The molecule has 74 valence electrons. The van der Waals surface area contributed by atoms with Gasteiger partial charge >= 0.3 is 5.97 Å². The molecule has 0 saturated carbocycles. The van der Waals surface area contributed by atoms with E-state index < -0.39 is 5.97 Å². The molecule has 1 aromatic rings. The maximum absolute atomic E-state index is 10.5. The minimum Gasteiger partial charge on any atom is -0.507 e. The molecular formula is C10H11NO3. The lowest BCUT2D eigenvalue weighted by Gasteiger charge is -2.04. The van der Waals surface area contributed by atoms with Gasteiger partial charge in [-0.2, -0.15) is 0 Å². The first-order valence-electron chi connectivity index (χ1n) is 4.11. The average molecular weight is 193 g/mol. The molecule has 4 nitrogen and oxygen atoms in total. The van der Waals surface area contributed by atoms with Crippen molar-refractivity contribution in [1.82, 2.24) is 0 Å².